The van der Waals surface area contributed by atoms with Gasteiger partial charge in [0.15, 0.2) is 0 Å². The minimum Gasteiger partial charge on any atom is -0.272 e. The molecule has 1 aromatic carbocycles. The smallest absolute Gasteiger partial charge is 0.250 e. The van der Waals surface area contributed by atoms with Crippen LogP contribution in [0.1, 0.15) is 11.1 Å². The average molecular weight is 320 g/mol. The number of hydrazone groups is 1. The van der Waals surface area contributed by atoms with Crippen LogP contribution in [0.25, 0.3) is 0 Å². The number of amides is 1. The second-order valence-corrected chi connectivity index (χ2v) is 5.62. The zero-order chi connectivity index (χ0) is 14.9. The Hall–Kier alpha value is -1.85. The van der Waals surface area contributed by atoms with Crippen LogP contribution in [0.5, 0.6) is 0 Å². The summed E-state index contributed by atoms with van der Waals surface area (Å²) in [6.07, 6.45) is 4.93. The summed E-state index contributed by atoms with van der Waals surface area (Å²) in [5.41, 5.74) is 4.52. The Labute approximate surface area is 132 Å². The van der Waals surface area contributed by atoms with E-state index < -0.39 is 0 Å². The van der Waals surface area contributed by atoms with E-state index in [-0.39, 0.29) is 5.91 Å². The van der Waals surface area contributed by atoms with Crippen molar-refractivity contribution < 1.29 is 4.79 Å². The second kappa shape index (κ2) is 8.44. The molecule has 0 saturated heterocycles. The van der Waals surface area contributed by atoms with Crippen LogP contribution in [-0.2, 0) is 10.5 Å². The van der Waals surface area contributed by atoms with Gasteiger partial charge in [0.2, 0.25) is 5.91 Å². The summed E-state index contributed by atoms with van der Waals surface area (Å²) in [7, 11) is 0. The monoisotopic (exact) mass is 319 g/mol. The number of hydrogen-bond acceptors (Lipinski definition) is 4. The fraction of sp³-hybridized carbons (Fsp3) is 0.133. The van der Waals surface area contributed by atoms with Gasteiger partial charge in [0.25, 0.3) is 0 Å². The molecule has 0 aliphatic rings. The Morgan fingerprint density at radius 2 is 1.95 bits per heavy atom. The summed E-state index contributed by atoms with van der Waals surface area (Å²) in [5.74, 6) is 0.994. The summed E-state index contributed by atoms with van der Waals surface area (Å²) in [6, 6.07) is 11.2. The van der Waals surface area contributed by atoms with E-state index >= 15 is 0 Å². The van der Waals surface area contributed by atoms with Crippen molar-refractivity contribution in [2.24, 2.45) is 5.10 Å². The van der Waals surface area contributed by atoms with Gasteiger partial charge in [-0.2, -0.15) is 5.10 Å². The number of hydrogen-bond donors (Lipinski definition) is 1. The number of rotatable bonds is 6. The van der Waals surface area contributed by atoms with E-state index in [1.54, 1.807) is 18.6 Å². The maximum absolute atomic E-state index is 11.6. The lowest BCUT2D eigenvalue weighted by atomic mass is 10.2. The van der Waals surface area contributed by atoms with Crippen molar-refractivity contribution in [2.45, 2.75) is 5.75 Å². The normalized spacial score (nSPS) is 10.7. The quantitative estimate of drug-likeness (QED) is 0.657. The number of benzene rings is 1. The third kappa shape index (κ3) is 5.97. The molecule has 0 unspecified atom stereocenters. The number of halogens is 1. The number of carbonyl (C=O) groups excluding carboxylic acids is 1. The van der Waals surface area contributed by atoms with Crippen LogP contribution in [0.15, 0.2) is 53.9 Å². The SMILES string of the molecule is O=C(CSCc1ccc(Cl)cc1)N/N=C/c1ccncc1. The first-order valence-electron chi connectivity index (χ1n) is 6.28. The highest BCUT2D eigenvalue weighted by molar-refractivity contribution is 7.99. The van der Waals surface area contributed by atoms with Gasteiger partial charge in [-0.25, -0.2) is 5.43 Å². The van der Waals surface area contributed by atoms with Crippen molar-refractivity contribution in [3.8, 4) is 0 Å². The van der Waals surface area contributed by atoms with E-state index in [2.05, 4.69) is 15.5 Å². The van der Waals surface area contributed by atoms with Crippen molar-refractivity contribution in [1.29, 1.82) is 0 Å². The number of thioether (sulfide) groups is 1. The highest BCUT2D eigenvalue weighted by Gasteiger charge is 2.00. The Kier molecular flexibility index (Phi) is 6.24. The van der Waals surface area contributed by atoms with Crippen molar-refractivity contribution >= 4 is 35.5 Å². The molecule has 2 aromatic rings. The average Bonchev–Trinajstić information content (AvgIpc) is 2.50. The van der Waals surface area contributed by atoms with Gasteiger partial charge in [0, 0.05) is 23.2 Å². The second-order valence-electron chi connectivity index (χ2n) is 4.19. The van der Waals surface area contributed by atoms with Crippen molar-refractivity contribution in [1.82, 2.24) is 10.4 Å². The summed E-state index contributed by atoms with van der Waals surface area (Å²) >= 11 is 7.34. The van der Waals surface area contributed by atoms with E-state index in [1.165, 1.54) is 11.8 Å². The first-order valence-corrected chi connectivity index (χ1v) is 7.81. The van der Waals surface area contributed by atoms with Gasteiger partial charge < -0.3 is 0 Å². The van der Waals surface area contributed by atoms with Crippen LogP contribution >= 0.6 is 23.4 Å². The lowest BCUT2D eigenvalue weighted by molar-refractivity contribution is -0.118. The number of nitrogens with zero attached hydrogens (tertiary/aromatic N) is 2. The fourth-order valence-corrected chi connectivity index (χ4v) is 2.41. The van der Waals surface area contributed by atoms with Gasteiger partial charge >= 0.3 is 0 Å². The Bertz CT molecular complexity index is 602. The molecule has 6 heteroatoms. The first-order chi connectivity index (χ1) is 10.2. The van der Waals surface area contributed by atoms with E-state index in [1.807, 2.05) is 36.4 Å². The third-order valence-electron chi connectivity index (χ3n) is 2.52. The van der Waals surface area contributed by atoms with Gasteiger partial charge in [-0.15, -0.1) is 11.8 Å². The molecule has 108 valence electrons. The summed E-state index contributed by atoms with van der Waals surface area (Å²) in [5, 5.41) is 4.61. The number of carbonyl (C=O) groups is 1. The molecule has 0 aliphatic carbocycles. The van der Waals surface area contributed by atoms with Gasteiger partial charge in [0.1, 0.15) is 0 Å². The van der Waals surface area contributed by atoms with Crippen molar-refractivity contribution in [3.63, 3.8) is 0 Å². The molecule has 1 amide bonds. The lowest BCUT2D eigenvalue weighted by Gasteiger charge is -2.01. The van der Waals surface area contributed by atoms with Crippen LogP contribution in [0.2, 0.25) is 5.02 Å². The molecule has 0 bridgehead atoms. The maximum Gasteiger partial charge on any atom is 0.250 e. The largest absolute Gasteiger partial charge is 0.272 e. The Morgan fingerprint density at radius 1 is 1.24 bits per heavy atom. The molecule has 1 heterocycles. The molecular formula is C15H14ClN3OS. The Morgan fingerprint density at radius 3 is 2.67 bits per heavy atom. The number of pyridine rings is 1. The van der Waals surface area contributed by atoms with Crippen molar-refractivity contribution in [3.05, 3.63) is 64.9 Å². The van der Waals surface area contributed by atoms with Crippen LogP contribution in [0.4, 0.5) is 0 Å². The summed E-state index contributed by atoms with van der Waals surface area (Å²) in [6.45, 7) is 0. The van der Waals surface area contributed by atoms with Crippen molar-refractivity contribution in [2.75, 3.05) is 5.75 Å². The standard InChI is InChI=1S/C15H14ClN3OS/c16-14-3-1-13(2-4-14)10-21-11-15(20)19-18-9-12-5-7-17-8-6-12/h1-9H,10-11H2,(H,19,20)/b18-9+. The zero-order valence-corrected chi connectivity index (χ0v) is 12.8. The van der Waals surface area contributed by atoms with E-state index in [0.29, 0.717) is 10.8 Å². The third-order valence-corrected chi connectivity index (χ3v) is 3.78. The van der Waals surface area contributed by atoms with E-state index in [9.17, 15) is 4.79 Å². The predicted octanol–water partition coefficient (Wildman–Crippen LogP) is 3.12. The van der Waals surface area contributed by atoms with Crippen LogP contribution in [-0.4, -0.2) is 22.9 Å². The zero-order valence-electron chi connectivity index (χ0n) is 11.2. The molecule has 0 fully saturated rings. The molecule has 0 aliphatic heterocycles. The topological polar surface area (TPSA) is 54.4 Å². The number of aromatic nitrogens is 1. The fourth-order valence-electron chi connectivity index (χ4n) is 1.50. The molecule has 0 atom stereocenters. The van der Waals surface area contributed by atoms with Gasteiger partial charge in [-0.3, -0.25) is 9.78 Å². The molecule has 1 aromatic heterocycles. The Balaban J connectivity index is 1.68. The van der Waals surface area contributed by atoms with E-state index in [4.69, 9.17) is 11.6 Å². The summed E-state index contributed by atoms with van der Waals surface area (Å²) < 4.78 is 0. The van der Waals surface area contributed by atoms with Crippen LogP contribution < -0.4 is 5.43 Å². The van der Waals surface area contributed by atoms with Gasteiger partial charge in [-0.1, -0.05) is 23.7 Å². The maximum atomic E-state index is 11.6. The molecular weight excluding hydrogens is 306 g/mol. The molecule has 0 radical (unpaired) electrons. The number of nitrogens with one attached hydrogen (secondary N) is 1. The van der Waals surface area contributed by atoms with Gasteiger partial charge in [-0.05, 0) is 35.4 Å². The van der Waals surface area contributed by atoms with Gasteiger partial charge in [0.05, 0.1) is 12.0 Å². The molecule has 1 N–H and O–H groups in total. The molecule has 0 saturated carbocycles. The molecule has 4 nitrogen and oxygen atoms in total. The first kappa shape index (κ1) is 15.5. The molecule has 2 rings (SSSR count). The molecule has 21 heavy (non-hydrogen) atoms. The van der Waals surface area contributed by atoms with Crippen LogP contribution in [0.3, 0.4) is 0 Å². The van der Waals surface area contributed by atoms with E-state index in [0.717, 1.165) is 16.9 Å². The van der Waals surface area contributed by atoms with Crippen LogP contribution in [0, 0.1) is 0 Å². The highest BCUT2D eigenvalue weighted by atomic mass is 35.5. The molecule has 0 spiro atoms. The highest BCUT2D eigenvalue weighted by Crippen LogP contribution is 2.15. The predicted molar refractivity (Wildman–Crippen MR) is 87.6 cm³/mol. The summed E-state index contributed by atoms with van der Waals surface area (Å²) in [4.78, 5) is 15.5. The lowest BCUT2D eigenvalue weighted by Crippen LogP contribution is -2.19. The minimum atomic E-state index is -0.126. The minimum absolute atomic E-state index is 0.126.